The maximum Gasteiger partial charge on any atom is 0.417 e. The second kappa shape index (κ2) is 10.9. The average Bonchev–Trinajstić information content (AvgIpc) is 2.96. The van der Waals surface area contributed by atoms with Gasteiger partial charge in [-0.15, -0.1) is 4.98 Å². The van der Waals surface area contributed by atoms with Crippen LogP contribution in [0, 0.1) is 12.4 Å². The summed E-state index contributed by atoms with van der Waals surface area (Å²) in [5.74, 6) is -0.192. The van der Waals surface area contributed by atoms with Gasteiger partial charge in [-0.05, 0) is 55.3 Å². The van der Waals surface area contributed by atoms with Crippen molar-refractivity contribution in [2.75, 3.05) is 18.0 Å². The molecule has 1 aliphatic heterocycles. The molecule has 11 heteroatoms. The van der Waals surface area contributed by atoms with Crippen molar-refractivity contribution in [2.45, 2.75) is 44.6 Å². The van der Waals surface area contributed by atoms with Gasteiger partial charge >= 0.3 is 6.18 Å². The van der Waals surface area contributed by atoms with Gasteiger partial charge in [0.25, 0.3) is 11.4 Å². The molecule has 5 rings (SSSR count). The molecule has 3 atom stereocenters. The Bertz CT molecular complexity index is 1660. The fourth-order valence-corrected chi connectivity index (χ4v) is 5.56. The van der Waals surface area contributed by atoms with E-state index >= 15 is 0 Å². The van der Waals surface area contributed by atoms with Gasteiger partial charge in [0.05, 0.1) is 28.5 Å². The number of aryl methyl sites for hydroxylation is 1. The van der Waals surface area contributed by atoms with Crippen LogP contribution in [-0.4, -0.2) is 44.6 Å². The van der Waals surface area contributed by atoms with Crippen LogP contribution in [0.3, 0.4) is 0 Å². The number of piperazine rings is 1. The molecule has 1 unspecified atom stereocenters. The minimum atomic E-state index is -4.51. The average molecular weight is 565 g/mol. The van der Waals surface area contributed by atoms with Crippen LogP contribution < -0.4 is 10.5 Å². The van der Waals surface area contributed by atoms with E-state index < -0.39 is 23.6 Å². The molecule has 1 saturated heterocycles. The van der Waals surface area contributed by atoms with E-state index in [4.69, 9.17) is 6.57 Å². The smallest absolute Gasteiger partial charge is 0.362 e. The zero-order chi connectivity index (χ0) is 29.5. The normalized spacial score (nSPS) is 18.8. The Morgan fingerprint density at radius 1 is 1.10 bits per heavy atom. The summed E-state index contributed by atoms with van der Waals surface area (Å²) >= 11 is 0. The minimum absolute atomic E-state index is 0.0997. The summed E-state index contributed by atoms with van der Waals surface area (Å²) in [4.78, 5) is 29.4. The van der Waals surface area contributed by atoms with Crippen molar-refractivity contribution in [3.8, 4) is 0 Å². The van der Waals surface area contributed by atoms with Gasteiger partial charge in [0.1, 0.15) is 5.82 Å². The second-order valence-electron chi connectivity index (χ2n) is 10.3. The highest BCUT2D eigenvalue weighted by Crippen LogP contribution is 2.37. The highest BCUT2D eigenvalue weighted by atomic mass is 19.4. The van der Waals surface area contributed by atoms with E-state index in [1.54, 1.807) is 37.4 Å². The van der Waals surface area contributed by atoms with Crippen molar-refractivity contribution in [3.63, 3.8) is 0 Å². The SMILES string of the molecule is [C-]#[N+]c1ccc2c(n1)c(N1C[C@@H](C)N(C(c3ccc(F)cc3)c3ccc(C(F)(F)F)cn3)C[C@@H]1CC)cc(=O)n2C. The molecule has 212 valence electrons. The zero-order valence-corrected chi connectivity index (χ0v) is 22.7. The third-order valence-corrected chi connectivity index (χ3v) is 7.75. The Hall–Kier alpha value is -4.30. The maximum atomic E-state index is 13.8. The van der Waals surface area contributed by atoms with Crippen molar-refractivity contribution < 1.29 is 17.6 Å². The van der Waals surface area contributed by atoms with Crippen molar-refractivity contribution in [3.05, 3.63) is 105 Å². The molecule has 4 aromatic rings. The fraction of sp³-hybridized carbons (Fsp3) is 0.333. The summed E-state index contributed by atoms with van der Waals surface area (Å²) in [5.41, 5.74) is 1.89. The summed E-state index contributed by atoms with van der Waals surface area (Å²) in [6.07, 6.45) is -2.99. The summed E-state index contributed by atoms with van der Waals surface area (Å²) in [6, 6.07) is 12.4. The number of hydrogen-bond donors (Lipinski definition) is 0. The number of anilines is 1. The molecule has 3 aromatic heterocycles. The van der Waals surface area contributed by atoms with Gasteiger partial charge in [0.2, 0.25) is 5.52 Å². The third kappa shape index (κ3) is 5.39. The largest absolute Gasteiger partial charge is 0.417 e. The lowest BCUT2D eigenvalue weighted by atomic mass is 9.95. The first-order chi connectivity index (χ1) is 19.5. The number of aromatic nitrogens is 3. The van der Waals surface area contributed by atoms with Crippen molar-refractivity contribution in [2.24, 2.45) is 7.05 Å². The van der Waals surface area contributed by atoms with Crippen molar-refractivity contribution >= 4 is 22.5 Å². The lowest BCUT2D eigenvalue weighted by Crippen LogP contribution is -2.58. The van der Waals surface area contributed by atoms with E-state index in [-0.39, 0.29) is 23.5 Å². The molecule has 0 saturated carbocycles. The number of benzene rings is 1. The van der Waals surface area contributed by atoms with Gasteiger partial charge in [-0.25, -0.2) is 4.39 Å². The molecule has 0 spiro atoms. The first-order valence-corrected chi connectivity index (χ1v) is 13.2. The molecule has 0 radical (unpaired) electrons. The number of fused-ring (bicyclic) bond motifs is 1. The highest BCUT2D eigenvalue weighted by molar-refractivity contribution is 5.89. The predicted molar refractivity (Wildman–Crippen MR) is 148 cm³/mol. The Balaban J connectivity index is 1.57. The van der Waals surface area contributed by atoms with Crippen LogP contribution in [0.1, 0.15) is 43.1 Å². The summed E-state index contributed by atoms with van der Waals surface area (Å²) < 4.78 is 55.2. The molecule has 41 heavy (non-hydrogen) atoms. The van der Waals surface area contributed by atoms with Crippen LogP contribution in [0.15, 0.2) is 65.6 Å². The van der Waals surface area contributed by atoms with Gasteiger partial charge in [-0.2, -0.15) is 13.2 Å². The highest BCUT2D eigenvalue weighted by Gasteiger charge is 2.38. The number of pyridine rings is 3. The third-order valence-electron chi connectivity index (χ3n) is 7.75. The molecule has 0 bridgehead atoms. The summed E-state index contributed by atoms with van der Waals surface area (Å²) in [7, 11) is 1.66. The molecule has 7 nitrogen and oxygen atoms in total. The van der Waals surface area contributed by atoms with Crippen molar-refractivity contribution in [1.82, 2.24) is 19.4 Å². The van der Waals surface area contributed by atoms with E-state index in [1.165, 1.54) is 22.8 Å². The quantitative estimate of drug-likeness (QED) is 0.216. The zero-order valence-electron chi connectivity index (χ0n) is 22.7. The summed E-state index contributed by atoms with van der Waals surface area (Å²) in [5, 5.41) is 0. The standard InChI is InChI=1S/C30H28F4N6O/c1-5-22-17-39(29(19-6-9-21(31)10-7-19)23-11-8-20(15-36-23)30(32,33)34)18(2)16-40(22)25-14-27(41)38(4)24-12-13-26(35-3)37-28(24)25/h6-15,18,22,29H,5,16-17H2,1-2,4H3/t18-,22+,29?/m1/s1. The Morgan fingerprint density at radius 3 is 2.44 bits per heavy atom. The Morgan fingerprint density at radius 2 is 1.83 bits per heavy atom. The van der Waals surface area contributed by atoms with E-state index in [2.05, 4.69) is 24.6 Å². The van der Waals surface area contributed by atoms with Crippen LogP contribution in [0.5, 0.6) is 0 Å². The molecule has 4 heterocycles. The lowest BCUT2D eigenvalue weighted by Gasteiger charge is -2.49. The fourth-order valence-electron chi connectivity index (χ4n) is 5.56. The Kier molecular flexibility index (Phi) is 7.53. The van der Waals surface area contributed by atoms with Gasteiger partial charge in [-0.1, -0.05) is 25.6 Å². The monoisotopic (exact) mass is 564 g/mol. The number of hydrogen-bond acceptors (Lipinski definition) is 5. The molecule has 0 aliphatic carbocycles. The summed E-state index contributed by atoms with van der Waals surface area (Å²) in [6.45, 7) is 12.4. The molecule has 1 aliphatic rings. The van der Waals surface area contributed by atoms with Crippen molar-refractivity contribution in [1.29, 1.82) is 0 Å². The van der Waals surface area contributed by atoms with Gasteiger partial charge < -0.3 is 14.3 Å². The van der Waals surface area contributed by atoms with Gasteiger partial charge in [-0.3, -0.25) is 14.7 Å². The molecule has 1 fully saturated rings. The van der Waals surface area contributed by atoms with E-state index in [0.29, 0.717) is 47.5 Å². The molecule has 0 N–H and O–H groups in total. The van der Waals surface area contributed by atoms with E-state index in [0.717, 1.165) is 12.3 Å². The van der Waals surface area contributed by atoms with Crippen LogP contribution in [0.25, 0.3) is 15.9 Å². The van der Waals surface area contributed by atoms with Gasteiger partial charge in [0.15, 0.2) is 0 Å². The molecular weight excluding hydrogens is 536 g/mol. The number of rotatable bonds is 5. The Labute approximate surface area is 234 Å². The van der Waals surface area contributed by atoms with E-state index in [9.17, 15) is 22.4 Å². The first-order valence-electron chi connectivity index (χ1n) is 13.2. The van der Waals surface area contributed by atoms with Crippen LogP contribution in [0.4, 0.5) is 29.1 Å². The first kappa shape index (κ1) is 28.2. The number of alkyl halides is 3. The lowest BCUT2D eigenvalue weighted by molar-refractivity contribution is -0.137. The second-order valence-corrected chi connectivity index (χ2v) is 10.3. The molecule has 1 aromatic carbocycles. The molecular formula is C30H28F4N6O. The number of nitrogens with zero attached hydrogens (tertiary/aromatic N) is 6. The van der Waals surface area contributed by atoms with Crippen LogP contribution in [-0.2, 0) is 13.2 Å². The predicted octanol–water partition coefficient (Wildman–Crippen LogP) is 6.12. The van der Waals surface area contributed by atoms with Crippen LogP contribution >= 0.6 is 0 Å². The van der Waals surface area contributed by atoms with Gasteiger partial charge in [0, 0.05) is 44.5 Å². The molecule has 0 amide bonds. The van der Waals surface area contributed by atoms with Crippen LogP contribution in [0.2, 0.25) is 0 Å². The number of halogens is 4. The minimum Gasteiger partial charge on any atom is -0.362 e. The van der Waals surface area contributed by atoms with E-state index in [1.807, 2.05) is 13.8 Å². The maximum absolute atomic E-state index is 13.8. The topological polar surface area (TPSA) is 58.6 Å².